The molecule has 7 heteroatoms. The van der Waals surface area contributed by atoms with Crippen LogP contribution in [0.1, 0.15) is 0 Å². The molecule has 0 unspecified atom stereocenters. The Morgan fingerprint density at radius 1 is 1.00 bits per heavy atom. The number of hydrogen-bond donors (Lipinski definition) is 0. The predicted molar refractivity (Wildman–Crippen MR) is 75.8 cm³/mol. The van der Waals surface area contributed by atoms with Crippen LogP contribution >= 0.6 is 0 Å². The highest BCUT2D eigenvalue weighted by Gasteiger charge is 2.32. The van der Waals surface area contributed by atoms with Gasteiger partial charge in [0.2, 0.25) is 9.84 Å². The van der Waals surface area contributed by atoms with Gasteiger partial charge in [-0.1, -0.05) is 0 Å². The van der Waals surface area contributed by atoms with Gasteiger partial charge in [-0.2, -0.15) is 5.26 Å². The van der Waals surface area contributed by atoms with Crippen LogP contribution in [-0.2, 0) is 9.84 Å². The number of sulfone groups is 1. The Balaban J connectivity index is 2.28. The average Bonchev–Trinajstić information content (AvgIpc) is 2.49. The first-order chi connectivity index (χ1) is 10.4. The molecule has 0 aliphatic carbocycles. The Hall–Kier alpha value is -2.72. The molecular formula is C15H8F2N2O2S. The molecule has 0 amide bonds. The zero-order chi connectivity index (χ0) is 15.9. The second-order valence-electron chi connectivity index (χ2n) is 4.57. The number of benzene rings is 2. The Labute approximate surface area is 125 Å². The van der Waals surface area contributed by atoms with E-state index in [9.17, 15) is 17.2 Å². The van der Waals surface area contributed by atoms with Crippen molar-refractivity contribution in [1.29, 1.82) is 5.26 Å². The smallest absolute Gasteiger partial charge is 0.220 e. The normalized spacial score (nSPS) is 15.7. The summed E-state index contributed by atoms with van der Waals surface area (Å²) in [6, 6.07) is 10.2. The minimum Gasteiger partial charge on any atom is -0.314 e. The lowest BCUT2D eigenvalue weighted by atomic mass is 10.2. The Morgan fingerprint density at radius 2 is 1.64 bits per heavy atom. The SMILES string of the molecule is N#CC1=CN(c2ccc(F)cc2)c2ccc(F)cc2S1(=O)=O. The molecule has 4 nitrogen and oxygen atoms in total. The van der Waals surface area contributed by atoms with Crippen molar-refractivity contribution in [3.63, 3.8) is 0 Å². The van der Waals surface area contributed by atoms with Crippen LogP contribution in [0.4, 0.5) is 20.2 Å². The van der Waals surface area contributed by atoms with Crippen LogP contribution in [0.3, 0.4) is 0 Å². The van der Waals surface area contributed by atoms with Gasteiger partial charge in [0.05, 0.1) is 10.6 Å². The first-order valence-corrected chi connectivity index (χ1v) is 7.63. The number of rotatable bonds is 1. The van der Waals surface area contributed by atoms with E-state index in [0.29, 0.717) is 5.69 Å². The van der Waals surface area contributed by atoms with Gasteiger partial charge in [0.25, 0.3) is 0 Å². The minimum absolute atomic E-state index is 0.201. The van der Waals surface area contributed by atoms with Gasteiger partial charge in [-0.15, -0.1) is 0 Å². The molecule has 1 aliphatic rings. The fraction of sp³-hybridized carbons (Fsp3) is 0. The zero-order valence-electron chi connectivity index (χ0n) is 11.0. The van der Waals surface area contributed by atoms with Crippen LogP contribution in [0, 0.1) is 23.0 Å². The van der Waals surface area contributed by atoms with Crippen LogP contribution in [-0.4, -0.2) is 8.42 Å². The Morgan fingerprint density at radius 3 is 2.27 bits per heavy atom. The van der Waals surface area contributed by atoms with Crippen molar-refractivity contribution < 1.29 is 17.2 Å². The molecular weight excluding hydrogens is 310 g/mol. The maximum Gasteiger partial charge on any atom is 0.220 e. The summed E-state index contributed by atoms with van der Waals surface area (Å²) in [5.41, 5.74) is 0.656. The molecule has 1 aliphatic heterocycles. The van der Waals surface area contributed by atoms with Gasteiger partial charge in [-0.25, -0.2) is 17.2 Å². The summed E-state index contributed by atoms with van der Waals surface area (Å²) in [5, 5.41) is 9.05. The summed E-state index contributed by atoms with van der Waals surface area (Å²) < 4.78 is 51.0. The molecule has 110 valence electrons. The molecule has 0 aromatic heterocycles. The standard InChI is InChI=1S/C15H8F2N2O2S/c16-10-1-4-12(5-2-10)19-9-13(8-18)22(20,21)15-7-11(17)3-6-14(15)19/h1-7,9H. The van der Waals surface area contributed by atoms with E-state index in [-0.39, 0.29) is 10.6 Å². The topological polar surface area (TPSA) is 61.2 Å². The number of anilines is 2. The zero-order valence-corrected chi connectivity index (χ0v) is 11.8. The number of fused-ring (bicyclic) bond motifs is 1. The molecule has 0 radical (unpaired) electrons. The van der Waals surface area contributed by atoms with Gasteiger partial charge in [-0.05, 0) is 42.5 Å². The van der Waals surface area contributed by atoms with Crippen LogP contribution in [0.25, 0.3) is 0 Å². The highest BCUT2D eigenvalue weighted by Crippen LogP contribution is 2.39. The van der Waals surface area contributed by atoms with E-state index in [0.717, 1.165) is 18.3 Å². The highest BCUT2D eigenvalue weighted by atomic mass is 32.2. The molecule has 3 rings (SSSR count). The van der Waals surface area contributed by atoms with Gasteiger partial charge >= 0.3 is 0 Å². The van der Waals surface area contributed by atoms with Crippen LogP contribution in [0.15, 0.2) is 58.5 Å². The molecule has 0 spiro atoms. The Bertz CT molecular complexity index is 929. The molecule has 0 N–H and O–H groups in total. The van der Waals surface area contributed by atoms with E-state index >= 15 is 0 Å². The second-order valence-corrected chi connectivity index (χ2v) is 6.45. The first kappa shape index (κ1) is 14.2. The molecule has 1 heterocycles. The number of hydrogen-bond acceptors (Lipinski definition) is 4. The summed E-state index contributed by atoms with van der Waals surface area (Å²) in [6.07, 6.45) is 1.14. The van der Waals surface area contributed by atoms with Crippen molar-refractivity contribution in [3.05, 3.63) is 65.2 Å². The number of nitrogens with zero attached hydrogens (tertiary/aromatic N) is 2. The quantitative estimate of drug-likeness (QED) is 0.810. The largest absolute Gasteiger partial charge is 0.314 e. The van der Waals surface area contributed by atoms with E-state index in [4.69, 9.17) is 5.26 Å². The van der Waals surface area contributed by atoms with Crippen molar-refractivity contribution in [1.82, 2.24) is 0 Å². The Kier molecular flexibility index (Phi) is 3.19. The second kappa shape index (κ2) is 4.93. The molecule has 2 aromatic carbocycles. The summed E-state index contributed by atoms with van der Waals surface area (Å²) in [6.45, 7) is 0. The van der Waals surface area contributed by atoms with Gasteiger partial charge < -0.3 is 4.90 Å². The third-order valence-corrected chi connectivity index (χ3v) is 4.90. The van der Waals surface area contributed by atoms with Crippen molar-refractivity contribution in [2.75, 3.05) is 4.90 Å². The van der Waals surface area contributed by atoms with E-state index in [1.54, 1.807) is 6.07 Å². The first-order valence-electron chi connectivity index (χ1n) is 6.15. The fourth-order valence-electron chi connectivity index (χ4n) is 2.18. The van der Waals surface area contributed by atoms with E-state index in [1.165, 1.54) is 35.2 Å². The molecule has 0 saturated heterocycles. The maximum atomic E-state index is 13.4. The lowest BCUT2D eigenvalue weighted by molar-refractivity contribution is 0.596. The monoisotopic (exact) mass is 318 g/mol. The fourth-order valence-corrected chi connectivity index (χ4v) is 3.49. The minimum atomic E-state index is -4.06. The van der Waals surface area contributed by atoms with E-state index < -0.39 is 26.4 Å². The van der Waals surface area contributed by atoms with E-state index in [2.05, 4.69) is 0 Å². The van der Waals surface area contributed by atoms with E-state index in [1.807, 2.05) is 0 Å². The molecule has 0 saturated carbocycles. The maximum absolute atomic E-state index is 13.4. The van der Waals surface area contributed by atoms with Gasteiger partial charge in [0.1, 0.15) is 17.7 Å². The van der Waals surface area contributed by atoms with Crippen LogP contribution in [0.2, 0.25) is 0 Å². The number of halogens is 2. The summed E-state index contributed by atoms with van der Waals surface area (Å²) >= 11 is 0. The lowest BCUT2D eigenvalue weighted by Crippen LogP contribution is -2.21. The van der Waals surface area contributed by atoms with Crippen molar-refractivity contribution in [2.24, 2.45) is 0 Å². The van der Waals surface area contributed by atoms with Crippen molar-refractivity contribution in [2.45, 2.75) is 4.90 Å². The number of allylic oxidation sites excluding steroid dienone is 1. The molecule has 22 heavy (non-hydrogen) atoms. The number of nitriles is 1. The lowest BCUT2D eigenvalue weighted by Gasteiger charge is -2.27. The summed E-state index contributed by atoms with van der Waals surface area (Å²) in [4.78, 5) is 0.610. The molecule has 0 fully saturated rings. The average molecular weight is 318 g/mol. The molecule has 0 atom stereocenters. The van der Waals surface area contributed by atoms with Crippen molar-refractivity contribution in [3.8, 4) is 6.07 Å². The molecule has 0 bridgehead atoms. The van der Waals surface area contributed by atoms with Gasteiger partial charge in [-0.3, -0.25) is 0 Å². The van der Waals surface area contributed by atoms with Crippen LogP contribution < -0.4 is 4.90 Å². The van der Waals surface area contributed by atoms with Crippen LogP contribution in [0.5, 0.6) is 0 Å². The third-order valence-electron chi connectivity index (χ3n) is 3.22. The van der Waals surface area contributed by atoms with Crippen molar-refractivity contribution >= 4 is 21.2 Å². The highest BCUT2D eigenvalue weighted by molar-refractivity contribution is 7.95. The predicted octanol–water partition coefficient (Wildman–Crippen LogP) is 3.26. The summed E-state index contributed by atoms with van der Waals surface area (Å²) in [5.74, 6) is -1.17. The van der Waals surface area contributed by atoms with Gasteiger partial charge in [0.15, 0.2) is 4.91 Å². The van der Waals surface area contributed by atoms with Gasteiger partial charge in [0, 0.05) is 11.9 Å². The molecule has 2 aromatic rings. The third kappa shape index (κ3) is 2.14. The summed E-state index contributed by atoms with van der Waals surface area (Å²) in [7, 11) is -4.06.